The van der Waals surface area contributed by atoms with Crippen LogP contribution in [0.3, 0.4) is 0 Å². The molecule has 1 unspecified atom stereocenters. The zero-order chi connectivity index (χ0) is 11.4. The van der Waals surface area contributed by atoms with Gasteiger partial charge in [-0.05, 0) is 52.2 Å². The first kappa shape index (κ1) is 12.0. The summed E-state index contributed by atoms with van der Waals surface area (Å²) in [6, 6.07) is 0.397. The lowest BCUT2D eigenvalue weighted by atomic mass is 9.98. The van der Waals surface area contributed by atoms with Crippen molar-refractivity contribution in [3.05, 3.63) is 16.1 Å². The Morgan fingerprint density at radius 3 is 2.94 bits per heavy atom. The van der Waals surface area contributed by atoms with Crippen molar-refractivity contribution in [3.63, 3.8) is 0 Å². The predicted octanol–water partition coefficient (Wildman–Crippen LogP) is 2.10. The number of thiazole rings is 1. The van der Waals surface area contributed by atoms with Crippen molar-refractivity contribution in [1.29, 1.82) is 0 Å². The normalized spacial score (nSPS) is 19.9. The number of aromatic nitrogens is 1. The fourth-order valence-electron chi connectivity index (χ4n) is 2.09. The second-order valence-electron chi connectivity index (χ2n) is 4.63. The molecule has 1 aromatic rings. The highest BCUT2D eigenvalue weighted by Gasteiger charge is 2.15. The molecule has 1 aliphatic heterocycles. The van der Waals surface area contributed by atoms with Crippen molar-refractivity contribution >= 4 is 11.3 Å². The number of rotatable bonds is 4. The molecule has 2 heterocycles. The Hall–Kier alpha value is -0.450. The Morgan fingerprint density at radius 1 is 1.56 bits per heavy atom. The first-order chi connectivity index (χ1) is 7.75. The summed E-state index contributed by atoms with van der Waals surface area (Å²) in [5.41, 5.74) is 0. The van der Waals surface area contributed by atoms with Crippen LogP contribution >= 0.6 is 11.3 Å². The van der Waals surface area contributed by atoms with Crippen LogP contribution in [-0.4, -0.2) is 24.6 Å². The highest BCUT2D eigenvalue weighted by Crippen LogP contribution is 2.20. The number of aryl methyl sites for hydroxylation is 1. The van der Waals surface area contributed by atoms with E-state index in [-0.39, 0.29) is 0 Å². The van der Waals surface area contributed by atoms with Crippen LogP contribution in [0.25, 0.3) is 0 Å². The summed E-state index contributed by atoms with van der Waals surface area (Å²) in [7, 11) is 0. The van der Waals surface area contributed by atoms with Crippen LogP contribution in [0.15, 0.2) is 6.20 Å². The lowest BCUT2D eigenvalue weighted by Gasteiger charge is -2.24. The molecular formula is C12H21N3S. The highest BCUT2D eigenvalue weighted by molar-refractivity contribution is 7.11. The average Bonchev–Trinajstić information content (AvgIpc) is 2.74. The SMILES string of the molecule is Cc1cnc(C(C)NCC2CCNCC2)s1. The highest BCUT2D eigenvalue weighted by atomic mass is 32.1. The molecule has 0 saturated carbocycles. The smallest absolute Gasteiger partial charge is 0.109 e. The molecule has 16 heavy (non-hydrogen) atoms. The van der Waals surface area contributed by atoms with Crippen molar-refractivity contribution in [2.45, 2.75) is 32.7 Å². The average molecular weight is 239 g/mol. The quantitative estimate of drug-likeness (QED) is 0.845. The summed E-state index contributed by atoms with van der Waals surface area (Å²) >= 11 is 1.80. The van der Waals surface area contributed by atoms with E-state index in [0.29, 0.717) is 6.04 Å². The third-order valence-electron chi connectivity index (χ3n) is 3.18. The van der Waals surface area contributed by atoms with Gasteiger partial charge in [0.2, 0.25) is 0 Å². The van der Waals surface area contributed by atoms with Crippen molar-refractivity contribution < 1.29 is 0 Å². The van der Waals surface area contributed by atoms with Gasteiger partial charge in [0.25, 0.3) is 0 Å². The second kappa shape index (κ2) is 5.75. The molecule has 1 fully saturated rings. The van der Waals surface area contributed by atoms with Crippen LogP contribution in [0.1, 0.15) is 35.7 Å². The maximum atomic E-state index is 4.42. The molecule has 90 valence electrons. The molecule has 1 saturated heterocycles. The van der Waals surface area contributed by atoms with E-state index in [9.17, 15) is 0 Å². The fraction of sp³-hybridized carbons (Fsp3) is 0.750. The Balaban J connectivity index is 1.76. The van der Waals surface area contributed by atoms with E-state index < -0.39 is 0 Å². The number of nitrogens with zero attached hydrogens (tertiary/aromatic N) is 1. The summed E-state index contributed by atoms with van der Waals surface area (Å²) in [6.07, 6.45) is 4.57. The fourth-order valence-corrected chi connectivity index (χ4v) is 2.89. The molecule has 0 radical (unpaired) electrons. The summed E-state index contributed by atoms with van der Waals surface area (Å²) in [6.45, 7) is 7.80. The summed E-state index contributed by atoms with van der Waals surface area (Å²) in [4.78, 5) is 5.72. The second-order valence-corrected chi connectivity index (χ2v) is 5.90. The molecule has 2 N–H and O–H groups in total. The molecule has 1 aromatic heterocycles. The number of hydrogen-bond acceptors (Lipinski definition) is 4. The van der Waals surface area contributed by atoms with Gasteiger partial charge in [-0.3, -0.25) is 0 Å². The minimum atomic E-state index is 0.397. The molecule has 1 aliphatic rings. The van der Waals surface area contributed by atoms with Crippen molar-refractivity contribution in [2.24, 2.45) is 5.92 Å². The molecule has 4 heteroatoms. The third kappa shape index (κ3) is 3.27. The van der Waals surface area contributed by atoms with Gasteiger partial charge in [0.05, 0.1) is 6.04 Å². The minimum Gasteiger partial charge on any atom is -0.317 e. The minimum absolute atomic E-state index is 0.397. The van der Waals surface area contributed by atoms with Crippen molar-refractivity contribution in [2.75, 3.05) is 19.6 Å². The van der Waals surface area contributed by atoms with E-state index in [1.165, 1.54) is 35.8 Å². The lowest BCUT2D eigenvalue weighted by molar-refractivity contribution is 0.345. The van der Waals surface area contributed by atoms with E-state index in [4.69, 9.17) is 0 Å². The topological polar surface area (TPSA) is 37.0 Å². The van der Waals surface area contributed by atoms with Crippen LogP contribution in [0, 0.1) is 12.8 Å². The Labute approximate surface area is 102 Å². The van der Waals surface area contributed by atoms with Gasteiger partial charge in [0.1, 0.15) is 5.01 Å². The maximum absolute atomic E-state index is 4.42. The van der Waals surface area contributed by atoms with Crippen molar-refractivity contribution in [1.82, 2.24) is 15.6 Å². The van der Waals surface area contributed by atoms with Crippen LogP contribution < -0.4 is 10.6 Å². The first-order valence-electron chi connectivity index (χ1n) is 6.12. The van der Waals surface area contributed by atoms with Gasteiger partial charge in [-0.1, -0.05) is 0 Å². The Morgan fingerprint density at radius 2 is 2.31 bits per heavy atom. The van der Waals surface area contributed by atoms with E-state index in [2.05, 4.69) is 29.5 Å². The molecule has 0 aromatic carbocycles. The number of hydrogen-bond donors (Lipinski definition) is 2. The molecular weight excluding hydrogens is 218 g/mol. The van der Waals surface area contributed by atoms with Gasteiger partial charge < -0.3 is 10.6 Å². The van der Waals surface area contributed by atoms with Gasteiger partial charge in [-0.2, -0.15) is 0 Å². The monoisotopic (exact) mass is 239 g/mol. The molecule has 0 aliphatic carbocycles. The standard InChI is InChI=1S/C12H21N3S/c1-9-7-15-12(16-9)10(2)14-8-11-3-5-13-6-4-11/h7,10-11,13-14H,3-6,8H2,1-2H3. The zero-order valence-corrected chi connectivity index (χ0v) is 10.9. The van der Waals surface area contributed by atoms with Gasteiger partial charge in [0.15, 0.2) is 0 Å². The summed E-state index contributed by atoms with van der Waals surface area (Å²) in [5.74, 6) is 0.838. The molecule has 0 amide bonds. The van der Waals surface area contributed by atoms with Gasteiger partial charge in [0, 0.05) is 11.1 Å². The van der Waals surface area contributed by atoms with Gasteiger partial charge in [-0.25, -0.2) is 4.98 Å². The number of nitrogens with one attached hydrogen (secondary N) is 2. The summed E-state index contributed by atoms with van der Waals surface area (Å²) < 4.78 is 0. The van der Waals surface area contributed by atoms with E-state index >= 15 is 0 Å². The zero-order valence-electron chi connectivity index (χ0n) is 10.1. The van der Waals surface area contributed by atoms with E-state index in [0.717, 1.165) is 12.5 Å². The Bertz CT molecular complexity index is 318. The predicted molar refractivity (Wildman–Crippen MR) is 68.9 cm³/mol. The molecule has 0 bridgehead atoms. The molecule has 1 atom stereocenters. The lowest BCUT2D eigenvalue weighted by Crippen LogP contribution is -2.34. The van der Waals surface area contributed by atoms with Crippen molar-refractivity contribution in [3.8, 4) is 0 Å². The number of piperidine rings is 1. The maximum Gasteiger partial charge on any atom is 0.109 e. The van der Waals surface area contributed by atoms with E-state index in [1.54, 1.807) is 11.3 Å². The summed E-state index contributed by atoms with van der Waals surface area (Å²) in [5, 5.41) is 8.22. The van der Waals surface area contributed by atoms with Crippen LogP contribution in [0.4, 0.5) is 0 Å². The Kier molecular flexibility index (Phi) is 4.32. The van der Waals surface area contributed by atoms with E-state index in [1.807, 2.05) is 6.20 Å². The third-order valence-corrected chi connectivity index (χ3v) is 4.28. The largest absolute Gasteiger partial charge is 0.317 e. The molecule has 0 spiro atoms. The van der Waals surface area contributed by atoms with Gasteiger partial charge >= 0.3 is 0 Å². The van der Waals surface area contributed by atoms with Gasteiger partial charge in [-0.15, -0.1) is 11.3 Å². The van der Waals surface area contributed by atoms with Crippen LogP contribution in [-0.2, 0) is 0 Å². The molecule has 2 rings (SSSR count). The first-order valence-corrected chi connectivity index (χ1v) is 6.94. The van der Waals surface area contributed by atoms with Crippen LogP contribution in [0.2, 0.25) is 0 Å². The van der Waals surface area contributed by atoms with Crippen LogP contribution in [0.5, 0.6) is 0 Å². The molecule has 3 nitrogen and oxygen atoms in total.